The highest BCUT2D eigenvalue weighted by molar-refractivity contribution is 5.38. The zero-order valence-corrected chi connectivity index (χ0v) is 11.5. The van der Waals surface area contributed by atoms with Gasteiger partial charge in [-0.3, -0.25) is 4.90 Å². The van der Waals surface area contributed by atoms with Gasteiger partial charge in [0.05, 0.1) is 0 Å². The maximum atomic E-state index is 9.66. The molecule has 3 aliphatic rings. The first-order valence-electron chi connectivity index (χ1n) is 7.87. The molecule has 3 atom stereocenters. The minimum Gasteiger partial charge on any atom is -0.508 e. The van der Waals surface area contributed by atoms with Gasteiger partial charge >= 0.3 is 0 Å². The van der Waals surface area contributed by atoms with Crippen molar-refractivity contribution in [3.05, 3.63) is 29.3 Å². The van der Waals surface area contributed by atoms with Gasteiger partial charge in [-0.05, 0) is 67.2 Å². The molecule has 1 aromatic rings. The molecule has 1 aliphatic heterocycles. The van der Waals surface area contributed by atoms with Gasteiger partial charge in [-0.15, -0.1) is 0 Å². The Morgan fingerprint density at radius 2 is 1.79 bits per heavy atom. The molecule has 1 saturated heterocycles. The van der Waals surface area contributed by atoms with Crippen molar-refractivity contribution in [1.29, 1.82) is 0 Å². The lowest BCUT2D eigenvalue weighted by Crippen LogP contribution is -2.30. The molecule has 2 fully saturated rings. The van der Waals surface area contributed by atoms with Gasteiger partial charge in [-0.1, -0.05) is 12.5 Å². The molecule has 3 unspecified atom stereocenters. The van der Waals surface area contributed by atoms with Crippen LogP contribution in [0.15, 0.2) is 18.2 Å². The Kier molecular flexibility index (Phi) is 2.80. The molecule has 1 N–H and O–H groups in total. The Bertz CT molecular complexity index is 472. The van der Waals surface area contributed by atoms with E-state index >= 15 is 0 Å². The fraction of sp³-hybridized carbons (Fsp3) is 0.647. The van der Waals surface area contributed by atoms with Crippen LogP contribution >= 0.6 is 0 Å². The normalized spacial score (nSPS) is 34.2. The summed E-state index contributed by atoms with van der Waals surface area (Å²) in [6.45, 7) is 2.63. The number of rotatable bonds is 1. The summed E-state index contributed by atoms with van der Waals surface area (Å²) in [5.74, 6) is 2.38. The number of benzene rings is 1. The van der Waals surface area contributed by atoms with Crippen LogP contribution in [-0.4, -0.2) is 23.1 Å². The molecule has 19 heavy (non-hydrogen) atoms. The van der Waals surface area contributed by atoms with Crippen molar-refractivity contribution in [2.75, 3.05) is 13.1 Å². The van der Waals surface area contributed by atoms with Crippen molar-refractivity contribution in [3.63, 3.8) is 0 Å². The van der Waals surface area contributed by atoms with E-state index in [4.69, 9.17) is 0 Å². The fourth-order valence-corrected chi connectivity index (χ4v) is 4.68. The van der Waals surface area contributed by atoms with Crippen molar-refractivity contribution in [3.8, 4) is 5.75 Å². The average Bonchev–Trinajstić information content (AvgIpc) is 2.98. The summed E-state index contributed by atoms with van der Waals surface area (Å²) in [5, 5.41) is 9.66. The van der Waals surface area contributed by atoms with E-state index in [1.54, 1.807) is 0 Å². The van der Waals surface area contributed by atoms with E-state index in [2.05, 4.69) is 11.0 Å². The molecule has 1 saturated carbocycles. The molecule has 0 aromatic heterocycles. The largest absolute Gasteiger partial charge is 0.508 e. The van der Waals surface area contributed by atoms with Crippen molar-refractivity contribution in [2.24, 2.45) is 11.8 Å². The summed E-state index contributed by atoms with van der Waals surface area (Å²) in [4.78, 5) is 2.74. The van der Waals surface area contributed by atoms with Crippen molar-refractivity contribution >= 4 is 0 Å². The molecule has 0 radical (unpaired) electrons. The molecule has 4 rings (SSSR count). The van der Waals surface area contributed by atoms with Crippen LogP contribution in [0.4, 0.5) is 0 Å². The second-order valence-electron chi connectivity index (χ2n) is 6.70. The number of likely N-dealkylation sites (tertiary alicyclic amines) is 1. The highest BCUT2D eigenvalue weighted by atomic mass is 16.3. The third-order valence-corrected chi connectivity index (χ3v) is 5.60. The quantitative estimate of drug-likeness (QED) is 0.832. The molecule has 0 amide bonds. The average molecular weight is 257 g/mol. The van der Waals surface area contributed by atoms with Crippen LogP contribution < -0.4 is 0 Å². The van der Waals surface area contributed by atoms with Crippen LogP contribution in [0.2, 0.25) is 0 Å². The summed E-state index contributed by atoms with van der Waals surface area (Å²) in [5.41, 5.74) is 2.87. The maximum absolute atomic E-state index is 9.66. The zero-order chi connectivity index (χ0) is 12.8. The number of hydrogen-bond donors (Lipinski definition) is 1. The molecule has 2 aliphatic carbocycles. The van der Waals surface area contributed by atoms with Gasteiger partial charge < -0.3 is 5.11 Å². The zero-order valence-electron chi connectivity index (χ0n) is 11.5. The van der Waals surface area contributed by atoms with Crippen LogP contribution in [0.5, 0.6) is 5.75 Å². The first-order chi connectivity index (χ1) is 9.31. The maximum Gasteiger partial charge on any atom is 0.115 e. The van der Waals surface area contributed by atoms with Crippen molar-refractivity contribution in [2.45, 2.75) is 44.6 Å². The molecule has 1 heterocycles. The Morgan fingerprint density at radius 3 is 2.58 bits per heavy atom. The first-order valence-corrected chi connectivity index (χ1v) is 7.87. The summed E-state index contributed by atoms with van der Waals surface area (Å²) in [6.07, 6.45) is 8.08. The lowest BCUT2D eigenvalue weighted by Gasteiger charge is -2.33. The topological polar surface area (TPSA) is 23.5 Å². The predicted molar refractivity (Wildman–Crippen MR) is 76.2 cm³/mol. The summed E-state index contributed by atoms with van der Waals surface area (Å²) in [7, 11) is 0. The molecule has 2 nitrogen and oxygen atoms in total. The molecule has 102 valence electrons. The molecular formula is C17H23NO. The minimum absolute atomic E-state index is 0.428. The van der Waals surface area contributed by atoms with E-state index in [1.807, 2.05) is 12.1 Å². The lowest BCUT2D eigenvalue weighted by molar-refractivity contribution is 0.205. The molecule has 2 heteroatoms. The number of aromatic hydroxyl groups is 1. The van der Waals surface area contributed by atoms with Gasteiger partial charge in [0.25, 0.3) is 0 Å². The van der Waals surface area contributed by atoms with Gasteiger partial charge in [0, 0.05) is 19.1 Å². The monoisotopic (exact) mass is 257 g/mol. The van der Waals surface area contributed by atoms with E-state index in [0.29, 0.717) is 11.8 Å². The lowest BCUT2D eigenvalue weighted by atomic mass is 9.86. The number of fused-ring (bicyclic) bond motifs is 2. The van der Waals surface area contributed by atoms with Crippen LogP contribution in [0.25, 0.3) is 0 Å². The summed E-state index contributed by atoms with van der Waals surface area (Å²) < 4.78 is 0. The third-order valence-electron chi connectivity index (χ3n) is 5.60. The highest BCUT2D eigenvalue weighted by Gasteiger charge is 2.39. The smallest absolute Gasteiger partial charge is 0.115 e. The Morgan fingerprint density at radius 1 is 1.00 bits per heavy atom. The third kappa shape index (κ3) is 1.97. The second kappa shape index (κ2) is 4.52. The Balaban J connectivity index is 1.60. The SMILES string of the molecule is Oc1ccc2c(c1)CCCC2N1CC2CCCC2C1. The van der Waals surface area contributed by atoms with Gasteiger partial charge in [0.1, 0.15) is 5.75 Å². The van der Waals surface area contributed by atoms with Crippen LogP contribution in [0.3, 0.4) is 0 Å². The highest BCUT2D eigenvalue weighted by Crippen LogP contribution is 2.44. The summed E-state index contributed by atoms with van der Waals surface area (Å²) in [6, 6.07) is 6.64. The number of phenols is 1. The molecule has 0 spiro atoms. The van der Waals surface area contributed by atoms with Gasteiger partial charge in [0.2, 0.25) is 0 Å². The summed E-state index contributed by atoms with van der Waals surface area (Å²) >= 11 is 0. The van der Waals surface area contributed by atoms with Crippen molar-refractivity contribution in [1.82, 2.24) is 4.90 Å². The predicted octanol–water partition coefficient (Wildman–Crippen LogP) is 3.50. The van der Waals surface area contributed by atoms with Crippen LogP contribution in [-0.2, 0) is 6.42 Å². The van der Waals surface area contributed by atoms with Crippen LogP contribution in [0, 0.1) is 11.8 Å². The Labute approximate surface area is 115 Å². The van der Waals surface area contributed by atoms with E-state index < -0.39 is 0 Å². The van der Waals surface area contributed by atoms with Gasteiger partial charge in [-0.2, -0.15) is 0 Å². The number of aryl methyl sites for hydroxylation is 1. The van der Waals surface area contributed by atoms with E-state index in [1.165, 1.54) is 56.3 Å². The fourth-order valence-electron chi connectivity index (χ4n) is 4.68. The second-order valence-corrected chi connectivity index (χ2v) is 6.70. The van der Waals surface area contributed by atoms with E-state index in [-0.39, 0.29) is 0 Å². The van der Waals surface area contributed by atoms with Crippen LogP contribution in [0.1, 0.15) is 49.3 Å². The minimum atomic E-state index is 0.428. The first kappa shape index (κ1) is 11.8. The molecule has 1 aromatic carbocycles. The molecular weight excluding hydrogens is 234 g/mol. The van der Waals surface area contributed by atoms with E-state index in [0.717, 1.165) is 18.3 Å². The Hall–Kier alpha value is -1.02. The van der Waals surface area contributed by atoms with Gasteiger partial charge in [-0.25, -0.2) is 0 Å². The van der Waals surface area contributed by atoms with Gasteiger partial charge in [0.15, 0.2) is 0 Å². The number of hydrogen-bond acceptors (Lipinski definition) is 2. The standard InChI is InChI=1S/C17H23NO/c19-15-7-8-16-12(9-15)3-2-6-17(16)18-10-13-4-1-5-14(13)11-18/h7-9,13-14,17,19H,1-6,10-11H2. The van der Waals surface area contributed by atoms with Crippen molar-refractivity contribution < 1.29 is 5.11 Å². The van der Waals surface area contributed by atoms with E-state index in [9.17, 15) is 5.11 Å². The molecule has 0 bridgehead atoms. The number of nitrogens with zero attached hydrogens (tertiary/aromatic N) is 1. The number of phenolic OH excluding ortho intramolecular Hbond substituents is 1.